The van der Waals surface area contributed by atoms with Crippen molar-refractivity contribution in [1.29, 1.82) is 0 Å². The molecule has 3 aromatic carbocycles. The van der Waals surface area contributed by atoms with Crippen LogP contribution in [0.2, 0.25) is 0 Å². The maximum Gasteiger partial charge on any atom is 0.251 e. The Kier molecular flexibility index (Phi) is 7.35. The Bertz CT molecular complexity index is 1290. The highest BCUT2D eigenvalue weighted by molar-refractivity contribution is 5.94. The lowest BCUT2D eigenvalue weighted by Gasteiger charge is -2.11. The van der Waals surface area contributed by atoms with Crippen LogP contribution in [-0.2, 0) is 13.2 Å². The fourth-order valence-corrected chi connectivity index (χ4v) is 3.53. The summed E-state index contributed by atoms with van der Waals surface area (Å²) in [6.07, 6.45) is 0. The fraction of sp³-hybridized carbons (Fsp3) is 0.214. The van der Waals surface area contributed by atoms with E-state index in [0.29, 0.717) is 41.9 Å². The van der Waals surface area contributed by atoms with E-state index in [9.17, 15) is 4.79 Å². The number of nitrogens with one attached hydrogen (secondary N) is 1. The Balaban J connectivity index is 1.39. The maximum absolute atomic E-state index is 12.7. The number of rotatable bonds is 9. The molecule has 7 heteroatoms. The molecule has 0 saturated heterocycles. The minimum Gasteiger partial charge on any atom is -0.497 e. The number of methoxy groups -OCH3 is 2. The molecule has 0 spiro atoms. The van der Waals surface area contributed by atoms with Crippen LogP contribution in [0.1, 0.15) is 32.9 Å². The summed E-state index contributed by atoms with van der Waals surface area (Å²) >= 11 is 0. The summed E-state index contributed by atoms with van der Waals surface area (Å²) in [5, 5.41) is 2.92. The van der Waals surface area contributed by atoms with Crippen molar-refractivity contribution in [2.75, 3.05) is 14.2 Å². The Labute approximate surface area is 204 Å². The molecule has 1 aromatic heterocycles. The molecule has 180 valence electrons. The van der Waals surface area contributed by atoms with E-state index in [-0.39, 0.29) is 5.91 Å². The maximum atomic E-state index is 12.7. The Morgan fingerprint density at radius 2 is 1.63 bits per heavy atom. The highest BCUT2D eigenvalue weighted by Gasteiger charge is 2.14. The third-order valence-corrected chi connectivity index (χ3v) is 5.61. The van der Waals surface area contributed by atoms with Crippen LogP contribution in [0.5, 0.6) is 17.2 Å². The van der Waals surface area contributed by atoms with Crippen LogP contribution in [0.15, 0.2) is 71.1 Å². The topological polar surface area (TPSA) is 82.8 Å². The van der Waals surface area contributed by atoms with E-state index in [0.717, 1.165) is 22.6 Å². The van der Waals surface area contributed by atoms with Crippen LogP contribution in [0, 0.1) is 13.8 Å². The highest BCUT2D eigenvalue weighted by atomic mass is 16.5. The first-order valence-corrected chi connectivity index (χ1v) is 11.2. The number of oxazole rings is 1. The van der Waals surface area contributed by atoms with E-state index in [2.05, 4.69) is 10.3 Å². The molecular weight excluding hydrogens is 444 g/mol. The van der Waals surface area contributed by atoms with Crippen molar-refractivity contribution in [2.24, 2.45) is 0 Å². The molecule has 1 amide bonds. The van der Waals surface area contributed by atoms with Gasteiger partial charge in [-0.25, -0.2) is 4.98 Å². The molecular formula is C28H28N2O5. The van der Waals surface area contributed by atoms with Crippen molar-refractivity contribution in [3.63, 3.8) is 0 Å². The molecule has 1 heterocycles. The van der Waals surface area contributed by atoms with Crippen molar-refractivity contribution >= 4 is 5.91 Å². The Morgan fingerprint density at radius 3 is 2.31 bits per heavy atom. The molecule has 0 saturated carbocycles. The lowest BCUT2D eigenvalue weighted by molar-refractivity contribution is 0.0950. The number of benzene rings is 3. The number of aromatic nitrogens is 1. The van der Waals surface area contributed by atoms with Gasteiger partial charge in [-0.05, 0) is 68.4 Å². The first-order chi connectivity index (χ1) is 17.0. The second-order valence-corrected chi connectivity index (χ2v) is 8.06. The van der Waals surface area contributed by atoms with Gasteiger partial charge in [0.2, 0.25) is 5.89 Å². The van der Waals surface area contributed by atoms with Crippen molar-refractivity contribution in [3.8, 4) is 28.7 Å². The van der Waals surface area contributed by atoms with Gasteiger partial charge >= 0.3 is 0 Å². The molecule has 0 atom stereocenters. The number of aryl methyl sites for hydroxylation is 2. The number of hydrogen-bond acceptors (Lipinski definition) is 6. The summed E-state index contributed by atoms with van der Waals surface area (Å²) < 4.78 is 22.3. The van der Waals surface area contributed by atoms with Gasteiger partial charge in [-0.2, -0.15) is 0 Å². The van der Waals surface area contributed by atoms with E-state index in [1.807, 2.05) is 68.4 Å². The molecule has 0 unspecified atom stereocenters. The molecule has 0 aliphatic carbocycles. The van der Waals surface area contributed by atoms with Gasteiger partial charge in [-0.3, -0.25) is 4.79 Å². The number of amides is 1. The van der Waals surface area contributed by atoms with Crippen LogP contribution in [-0.4, -0.2) is 25.1 Å². The van der Waals surface area contributed by atoms with Gasteiger partial charge in [-0.1, -0.05) is 17.7 Å². The number of hydrogen-bond donors (Lipinski definition) is 1. The second kappa shape index (κ2) is 10.8. The number of carbonyl (C=O) groups excluding carboxylic acids is 1. The zero-order valence-corrected chi connectivity index (χ0v) is 20.3. The quantitative estimate of drug-likeness (QED) is 0.347. The predicted octanol–water partition coefficient (Wildman–Crippen LogP) is 5.48. The molecule has 0 radical (unpaired) electrons. The van der Waals surface area contributed by atoms with Crippen LogP contribution in [0.4, 0.5) is 0 Å². The summed E-state index contributed by atoms with van der Waals surface area (Å²) in [5.74, 6) is 3.14. The second-order valence-electron chi connectivity index (χ2n) is 8.06. The van der Waals surface area contributed by atoms with E-state index in [1.54, 1.807) is 26.4 Å². The van der Waals surface area contributed by atoms with Gasteiger partial charge in [0.25, 0.3) is 5.91 Å². The number of nitrogens with zero attached hydrogens (tertiary/aromatic N) is 1. The molecule has 4 aromatic rings. The standard InChI is InChI=1S/C28H28N2O5/c1-18-5-11-23(12-6-18)34-17-25-19(2)35-28(30-25)21-9-7-20(8-10-21)27(31)29-16-22-15-24(32-3)13-14-26(22)33-4/h5-15H,16-17H2,1-4H3,(H,29,31). The molecule has 0 fully saturated rings. The van der Waals surface area contributed by atoms with E-state index < -0.39 is 0 Å². The first kappa shape index (κ1) is 23.9. The zero-order valence-electron chi connectivity index (χ0n) is 20.3. The smallest absolute Gasteiger partial charge is 0.251 e. The van der Waals surface area contributed by atoms with Gasteiger partial charge in [-0.15, -0.1) is 0 Å². The molecule has 0 aliphatic heterocycles. The zero-order chi connectivity index (χ0) is 24.8. The van der Waals surface area contributed by atoms with Gasteiger partial charge in [0.1, 0.15) is 35.3 Å². The Morgan fingerprint density at radius 1 is 0.914 bits per heavy atom. The average Bonchev–Trinajstić information content (AvgIpc) is 3.27. The summed E-state index contributed by atoms with van der Waals surface area (Å²) in [5.41, 5.74) is 4.04. The van der Waals surface area contributed by atoms with E-state index in [4.69, 9.17) is 18.6 Å². The van der Waals surface area contributed by atoms with Gasteiger partial charge in [0.15, 0.2) is 0 Å². The van der Waals surface area contributed by atoms with Crippen LogP contribution < -0.4 is 19.5 Å². The monoisotopic (exact) mass is 472 g/mol. The number of ether oxygens (including phenoxy) is 3. The molecule has 1 N–H and O–H groups in total. The fourth-order valence-electron chi connectivity index (χ4n) is 3.53. The van der Waals surface area contributed by atoms with Crippen molar-refractivity contribution in [3.05, 3.63) is 94.9 Å². The van der Waals surface area contributed by atoms with Crippen molar-refractivity contribution in [1.82, 2.24) is 10.3 Å². The minimum absolute atomic E-state index is 0.197. The van der Waals surface area contributed by atoms with Crippen LogP contribution in [0.3, 0.4) is 0 Å². The van der Waals surface area contributed by atoms with E-state index >= 15 is 0 Å². The molecule has 4 rings (SSSR count). The van der Waals surface area contributed by atoms with Crippen LogP contribution >= 0.6 is 0 Å². The van der Waals surface area contributed by atoms with Gasteiger partial charge in [0.05, 0.1) is 14.2 Å². The predicted molar refractivity (Wildman–Crippen MR) is 133 cm³/mol. The number of carbonyl (C=O) groups is 1. The minimum atomic E-state index is -0.197. The van der Waals surface area contributed by atoms with Gasteiger partial charge < -0.3 is 23.9 Å². The molecule has 0 bridgehead atoms. The van der Waals surface area contributed by atoms with Gasteiger partial charge in [0, 0.05) is 23.2 Å². The normalized spacial score (nSPS) is 10.6. The van der Waals surface area contributed by atoms with Crippen molar-refractivity contribution < 1.29 is 23.4 Å². The molecule has 7 nitrogen and oxygen atoms in total. The third-order valence-electron chi connectivity index (χ3n) is 5.61. The third kappa shape index (κ3) is 5.81. The summed E-state index contributed by atoms with van der Waals surface area (Å²) in [6.45, 7) is 4.51. The molecule has 35 heavy (non-hydrogen) atoms. The summed E-state index contributed by atoms with van der Waals surface area (Å²) in [4.78, 5) is 17.3. The lowest BCUT2D eigenvalue weighted by Crippen LogP contribution is -2.23. The Hall–Kier alpha value is -4.26. The summed E-state index contributed by atoms with van der Waals surface area (Å²) in [6, 6.07) is 20.5. The van der Waals surface area contributed by atoms with Crippen LogP contribution in [0.25, 0.3) is 11.5 Å². The highest BCUT2D eigenvalue weighted by Crippen LogP contribution is 2.25. The largest absolute Gasteiger partial charge is 0.497 e. The first-order valence-electron chi connectivity index (χ1n) is 11.2. The van der Waals surface area contributed by atoms with E-state index in [1.165, 1.54) is 5.56 Å². The molecule has 0 aliphatic rings. The lowest BCUT2D eigenvalue weighted by atomic mass is 10.1. The average molecular weight is 473 g/mol. The SMILES string of the molecule is COc1ccc(OC)c(CNC(=O)c2ccc(-c3nc(COc4ccc(C)cc4)c(C)o3)cc2)c1. The van der Waals surface area contributed by atoms with Crippen molar-refractivity contribution in [2.45, 2.75) is 27.0 Å². The summed E-state index contributed by atoms with van der Waals surface area (Å²) in [7, 11) is 3.19.